The largest absolute Gasteiger partial charge is 0.437 e. The Bertz CT molecular complexity index is 10500. The summed E-state index contributed by atoms with van der Waals surface area (Å²) in [6, 6.07) is 64.2. The van der Waals surface area contributed by atoms with E-state index in [2.05, 4.69) is 67.8 Å². The lowest BCUT2D eigenvalue weighted by molar-refractivity contribution is -0.660. The summed E-state index contributed by atoms with van der Waals surface area (Å²) < 4.78 is 359. The van der Waals surface area contributed by atoms with Crippen molar-refractivity contribution in [3.05, 3.63) is 333 Å². The highest BCUT2D eigenvalue weighted by molar-refractivity contribution is 6.16. The SMILES string of the molecule is [2H]C(C)(C)c1cc[n+](C)c(-c2c(C)ccc3c2oc2nc4c(cc23)-c2ccccc2C4(C([2H])([2H])C(C)(C)C([2H])([2H])[2H])C([2H])([2H])C(C)(C([2H])([2H])[2H])C([2H])([2H])[2H])c1.[2H]C(C)(C)c1cc[n+](C)c(-c2c(C)ccc3c2oc2nc4c(cc23)-c2ccccc2C4(C([2H])([2H])C([2H])(C)C([2H])([2H])[2H])C([2H])([2H])C([2H])(C)C([2H])([2H])[2H])c1.[2H]C(C)(C)c1cc[n+](C)c(-c2c(C)ccc3c2oc2ncc4c(c23)C(C)(C)c2ccccc2-4)c1.[2H]C([2H])([2H])CC1(C([2H])([2H])C([2H])([2H])[2H])c2ccccc2-c2cc3c(nc21)oc1c(-c2cc(C([2H])(C)C)cc[n+]2C)c(C)ccc13. The Morgan fingerprint density at radius 2 is 0.676 bits per heavy atom. The van der Waals surface area contributed by atoms with Gasteiger partial charge in [0.05, 0.1) is 44.7 Å². The molecule has 0 saturated heterocycles. The number of aromatic nitrogens is 8. The van der Waals surface area contributed by atoms with Gasteiger partial charge in [-0.25, -0.2) is 38.2 Å². The molecular formula is C136H148N8O4+4. The van der Waals surface area contributed by atoms with Crippen molar-refractivity contribution >= 4 is 88.3 Å². The first-order chi connectivity index (χ1) is 84.8. The Kier molecular flexibility index (Phi) is 16.3. The molecule has 12 aromatic heterocycles. The van der Waals surface area contributed by atoms with Crippen LogP contribution in [0.1, 0.15) is 354 Å². The minimum absolute atomic E-state index is 0.0456. The lowest BCUT2D eigenvalue weighted by Gasteiger charge is -2.41. The molecule has 0 aliphatic heterocycles. The highest BCUT2D eigenvalue weighted by Gasteiger charge is 2.51. The van der Waals surface area contributed by atoms with Gasteiger partial charge in [0.2, 0.25) is 45.6 Å². The molecule has 0 N–H and O–H groups in total. The van der Waals surface area contributed by atoms with Gasteiger partial charge < -0.3 is 17.7 Å². The maximum atomic E-state index is 9.96. The maximum Gasteiger partial charge on any atom is 0.227 e. The first kappa shape index (κ1) is 65.1. The molecule has 12 nitrogen and oxygen atoms in total. The molecule has 0 radical (unpaired) electrons. The number of hydrogen-bond donors (Lipinski definition) is 0. The van der Waals surface area contributed by atoms with E-state index in [1.54, 1.807) is 88.4 Å². The standard InChI is InChI=1S/C38H45N2O.C36H41N2O.C32H33N2O.C30H29N2O/c1-23(2)25-17-18-40(10)31(19-25)32-24(3)15-16-27-29-20-28-26-13-11-12-14-30(26)38(21-36(4,5)6,22-37(7,8)9)34(28)39-35(29)41-33(27)32;1-21(2)19-36(20-22(3)4)30-12-10-9-11-26(30)28-18-29-27-14-13-24(7)32(33(27)39-35(29)37-34(28)36)31-17-25(23(5)6)15-16-38(31)8;1-7-32(8-2)26-12-10-9-11-22(26)24-18-25-23-14-13-20(5)28(29(23)35-31(25)33-30(24)32)27-17-21(19(3)4)15-16-34(27)6;1-17(2)19-13-14-32(6)24(15-19)25-18(3)11-12-21-26-27-22(16-31-29(26)33-28(21)25)20-9-7-8-10-23(20)30(27,4)5/h11-20,23H,21-22H2,1-10H3;9-18,21-23H,19-20H2,1-8H3;9-19H,7-8H2,1-6H3;7-17H,1-6H3/q4*+1/i4D3,5D3,7D3,21D2,22D2,23D;1D3,3D3,19D2,20D2,21D,22D,23D;1D3,2D3,7D2,19D;17D. The van der Waals surface area contributed by atoms with Gasteiger partial charge in [-0.1, -0.05) is 297 Å². The highest BCUT2D eigenvalue weighted by Crippen LogP contribution is 2.62. The van der Waals surface area contributed by atoms with Crippen LogP contribution in [0.5, 0.6) is 0 Å². The highest BCUT2D eigenvalue weighted by atomic mass is 16.4. The van der Waals surface area contributed by atoms with Crippen molar-refractivity contribution in [1.29, 1.82) is 0 Å². The molecule has 0 saturated carbocycles. The Balaban J connectivity index is 0.000000139. The molecule has 0 spiro atoms. The molecule has 0 fully saturated rings. The van der Waals surface area contributed by atoms with Crippen molar-refractivity contribution in [3.8, 4) is 89.5 Å². The van der Waals surface area contributed by atoms with E-state index < -0.39 is 149 Å². The van der Waals surface area contributed by atoms with Crippen molar-refractivity contribution < 1.29 is 86.7 Å². The number of hydrogen-bond acceptors (Lipinski definition) is 8. The van der Waals surface area contributed by atoms with Gasteiger partial charge in [0.1, 0.15) is 28.2 Å². The van der Waals surface area contributed by atoms with E-state index in [-0.39, 0.29) is 78.6 Å². The van der Waals surface area contributed by atoms with Crippen LogP contribution >= 0.6 is 0 Å². The lowest BCUT2D eigenvalue weighted by Crippen LogP contribution is -2.35. The minimum Gasteiger partial charge on any atom is -0.437 e. The van der Waals surface area contributed by atoms with E-state index in [0.717, 1.165) is 135 Å². The van der Waals surface area contributed by atoms with Gasteiger partial charge in [0.15, 0.2) is 47.1 Å². The Hall–Kier alpha value is -13.8. The molecule has 24 rings (SSSR count). The van der Waals surface area contributed by atoms with Gasteiger partial charge in [-0.3, -0.25) is 0 Å². The predicted octanol–water partition coefficient (Wildman–Crippen LogP) is 34.5. The molecule has 4 aliphatic rings. The Labute approximate surface area is 927 Å². The van der Waals surface area contributed by atoms with Crippen LogP contribution in [-0.4, -0.2) is 19.9 Å². The van der Waals surface area contributed by atoms with Crippen LogP contribution in [0.2, 0.25) is 0 Å². The van der Waals surface area contributed by atoms with Gasteiger partial charge in [0, 0.05) is 187 Å². The average molecular weight is 2000 g/mol. The molecule has 752 valence electrons. The topological polar surface area (TPSA) is 120 Å². The quantitative estimate of drug-likeness (QED) is 0.0878. The third kappa shape index (κ3) is 16.5. The number of fused-ring (bicyclic) bond motifs is 25. The summed E-state index contributed by atoms with van der Waals surface area (Å²) in [6.07, 6.45) is -7.79. The summed E-state index contributed by atoms with van der Waals surface area (Å²) >= 11 is 0. The molecule has 12 heteroatoms. The van der Waals surface area contributed by atoms with E-state index in [1.165, 1.54) is 46.5 Å². The number of furan rings is 4. The zero-order valence-electron chi connectivity index (χ0n) is 125. The molecule has 148 heavy (non-hydrogen) atoms. The Morgan fingerprint density at radius 1 is 0.351 bits per heavy atom. The molecule has 8 aromatic carbocycles. The smallest absolute Gasteiger partial charge is 0.227 e. The third-order valence-corrected chi connectivity index (χ3v) is 30.1. The monoisotopic (exact) mass is 1990 g/mol. The molecule has 4 aliphatic carbocycles. The van der Waals surface area contributed by atoms with Gasteiger partial charge in [0.25, 0.3) is 0 Å². The number of aryl methyl sites for hydroxylation is 8. The average Bonchev–Trinajstić information content (AvgIpc) is 1.50. The summed E-state index contributed by atoms with van der Waals surface area (Å²) in [5.41, 5.74) is 9.13. The molecule has 20 aromatic rings. The zero-order chi connectivity index (χ0) is 137. The number of rotatable bonds is 16. The van der Waals surface area contributed by atoms with Gasteiger partial charge in [-0.15, -0.1) is 0 Å². The van der Waals surface area contributed by atoms with Crippen LogP contribution in [0.3, 0.4) is 0 Å². The summed E-state index contributed by atoms with van der Waals surface area (Å²) in [7, 11) is 7.69. The summed E-state index contributed by atoms with van der Waals surface area (Å²) in [5.74, 6) is -9.44. The third-order valence-electron chi connectivity index (χ3n) is 30.1. The number of pyridine rings is 8. The van der Waals surface area contributed by atoms with Crippen LogP contribution in [-0.2, 0) is 49.9 Å². The fourth-order valence-corrected chi connectivity index (χ4v) is 22.9. The molecule has 12 heterocycles. The van der Waals surface area contributed by atoms with Crippen molar-refractivity contribution in [3.63, 3.8) is 0 Å². The van der Waals surface area contributed by atoms with Crippen molar-refractivity contribution in [1.82, 2.24) is 19.9 Å². The maximum absolute atomic E-state index is 9.96. The summed E-state index contributed by atoms with van der Waals surface area (Å²) in [6.45, 7) is 9.11. The fourth-order valence-electron chi connectivity index (χ4n) is 22.9. The first-order valence-electron chi connectivity index (χ1n) is 68.6. The van der Waals surface area contributed by atoms with Gasteiger partial charge >= 0.3 is 0 Å². The van der Waals surface area contributed by atoms with Crippen LogP contribution < -0.4 is 18.3 Å². The zero-order valence-corrected chi connectivity index (χ0v) is 88.0. The second kappa shape index (κ2) is 37.2. The second-order valence-corrected chi connectivity index (χ2v) is 42.5. The van der Waals surface area contributed by atoms with E-state index in [1.807, 2.05) is 206 Å². The molecule has 0 bridgehead atoms. The normalized spacial score (nSPS) is 22.1. The van der Waals surface area contributed by atoms with Crippen molar-refractivity contribution in [2.45, 2.75) is 263 Å². The van der Waals surface area contributed by atoms with Crippen LogP contribution in [0, 0.1) is 50.3 Å². The fraction of sp³-hybridized carbons (Fsp3) is 0.353. The Morgan fingerprint density at radius 3 is 1.04 bits per heavy atom. The van der Waals surface area contributed by atoms with E-state index in [4.69, 9.17) is 77.4 Å². The van der Waals surface area contributed by atoms with E-state index >= 15 is 0 Å². The molecule has 0 amide bonds. The van der Waals surface area contributed by atoms with Crippen molar-refractivity contribution in [2.75, 3.05) is 0 Å². The van der Waals surface area contributed by atoms with Gasteiger partial charge in [-0.05, 0) is 225 Å². The van der Waals surface area contributed by atoms with Crippen LogP contribution in [0.4, 0.5) is 0 Å². The van der Waals surface area contributed by atoms with Crippen LogP contribution in [0.15, 0.2) is 261 Å². The predicted molar refractivity (Wildman–Crippen MR) is 612 cm³/mol. The van der Waals surface area contributed by atoms with Gasteiger partial charge in [-0.2, -0.15) is 0 Å². The molecule has 4 atom stereocenters. The van der Waals surface area contributed by atoms with Crippen LogP contribution in [0.25, 0.3) is 178 Å². The lowest BCUT2D eigenvalue weighted by atomic mass is 9.63. The molecular weight excluding hydrogens is 1810 g/mol. The minimum atomic E-state index is -3.59. The summed E-state index contributed by atoms with van der Waals surface area (Å²) in [5, 5.41) is 5.79. The van der Waals surface area contributed by atoms with E-state index in [9.17, 15) is 11.0 Å². The molecule has 4 unspecified atom stereocenters. The second-order valence-electron chi connectivity index (χ2n) is 42.5. The first-order valence-corrected chi connectivity index (χ1v) is 50.1. The number of benzene rings is 8. The van der Waals surface area contributed by atoms with Crippen molar-refractivity contribution in [2.24, 2.45) is 50.8 Å². The summed E-state index contributed by atoms with van der Waals surface area (Å²) in [4.78, 5) is 19.3. The number of nitrogens with zero attached hydrogens (tertiary/aromatic N) is 8. The van der Waals surface area contributed by atoms with E-state index in [0.29, 0.717) is 71.6 Å².